The van der Waals surface area contributed by atoms with Crippen molar-refractivity contribution >= 4 is 23.1 Å². The Morgan fingerprint density at radius 3 is 2.21 bits per heavy atom. The van der Waals surface area contributed by atoms with Gasteiger partial charge in [-0.1, -0.05) is 0 Å². The quantitative estimate of drug-likeness (QED) is 0.638. The standard InChI is InChI=1S/C16H13F2NO4S/c1-9(16(19)20)6-10-7-13(17)15(14(18)8-10)23-11-2-4-12(5-3-11)24(21)22/h2-8H,1H3,(H2,19,20)(H,21,22)/b9-6+. The molecule has 0 aliphatic heterocycles. The van der Waals surface area contributed by atoms with E-state index in [1.54, 1.807) is 0 Å². The van der Waals surface area contributed by atoms with Crippen molar-refractivity contribution in [1.82, 2.24) is 0 Å². The van der Waals surface area contributed by atoms with E-state index in [4.69, 9.17) is 15.0 Å². The largest absolute Gasteiger partial charge is 0.451 e. The average Bonchev–Trinajstić information content (AvgIpc) is 2.51. The summed E-state index contributed by atoms with van der Waals surface area (Å²) in [5.74, 6) is -3.15. The summed E-state index contributed by atoms with van der Waals surface area (Å²) >= 11 is -2.15. The first kappa shape index (κ1) is 17.8. The van der Waals surface area contributed by atoms with E-state index in [1.165, 1.54) is 37.3 Å². The number of benzene rings is 2. The zero-order valence-electron chi connectivity index (χ0n) is 12.5. The molecule has 1 atom stereocenters. The van der Waals surface area contributed by atoms with E-state index < -0.39 is 34.4 Å². The molecule has 1 amide bonds. The second-order valence-corrected chi connectivity index (χ2v) is 5.80. The highest BCUT2D eigenvalue weighted by Gasteiger charge is 2.14. The number of hydrogen-bond donors (Lipinski definition) is 2. The van der Waals surface area contributed by atoms with Gasteiger partial charge in [-0.3, -0.25) is 4.79 Å². The number of halogens is 2. The number of amides is 1. The highest BCUT2D eigenvalue weighted by Crippen LogP contribution is 2.29. The zero-order valence-corrected chi connectivity index (χ0v) is 13.3. The summed E-state index contributed by atoms with van der Waals surface area (Å²) in [6, 6.07) is 7.23. The Morgan fingerprint density at radius 2 is 1.75 bits per heavy atom. The molecule has 0 bridgehead atoms. The summed E-state index contributed by atoms with van der Waals surface area (Å²) in [5, 5.41) is 0. The van der Waals surface area contributed by atoms with Gasteiger partial charge in [0.2, 0.25) is 5.91 Å². The Balaban J connectivity index is 2.30. The minimum Gasteiger partial charge on any atom is -0.451 e. The van der Waals surface area contributed by atoms with Crippen LogP contribution in [0.5, 0.6) is 11.5 Å². The molecule has 0 aliphatic rings. The minimum atomic E-state index is -2.15. The van der Waals surface area contributed by atoms with Crippen LogP contribution < -0.4 is 10.5 Å². The molecule has 0 fully saturated rings. The molecule has 8 heteroatoms. The molecule has 5 nitrogen and oxygen atoms in total. The Bertz CT molecular complexity index is 811. The van der Waals surface area contributed by atoms with Crippen molar-refractivity contribution in [3.8, 4) is 11.5 Å². The molecular formula is C16H13F2NO4S. The third-order valence-electron chi connectivity index (χ3n) is 3.04. The number of carbonyl (C=O) groups excluding carboxylic acids is 1. The molecule has 126 valence electrons. The summed E-state index contributed by atoms with van der Waals surface area (Å²) in [6.07, 6.45) is 1.25. The Labute approximate surface area is 139 Å². The molecule has 2 aromatic carbocycles. The number of hydrogen-bond acceptors (Lipinski definition) is 3. The fourth-order valence-corrected chi connectivity index (χ4v) is 2.19. The van der Waals surface area contributed by atoms with E-state index in [2.05, 4.69) is 0 Å². The van der Waals surface area contributed by atoms with Gasteiger partial charge in [0, 0.05) is 5.57 Å². The molecule has 3 N–H and O–H groups in total. The van der Waals surface area contributed by atoms with Crippen LogP contribution in [0.15, 0.2) is 46.9 Å². The van der Waals surface area contributed by atoms with E-state index in [9.17, 15) is 17.8 Å². The molecule has 1 unspecified atom stereocenters. The van der Waals surface area contributed by atoms with Crippen LogP contribution in [0.3, 0.4) is 0 Å². The lowest BCUT2D eigenvalue weighted by atomic mass is 10.1. The van der Waals surface area contributed by atoms with E-state index in [0.29, 0.717) is 0 Å². The number of ether oxygens (including phenoxy) is 1. The highest BCUT2D eigenvalue weighted by atomic mass is 32.2. The Hall–Kier alpha value is -2.58. The second kappa shape index (κ2) is 7.33. The summed E-state index contributed by atoms with van der Waals surface area (Å²) in [5.41, 5.74) is 5.34. The molecular weight excluding hydrogens is 340 g/mol. The third-order valence-corrected chi connectivity index (χ3v) is 3.71. The monoisotopic (exact) mass is 353 g/mol. The van der Waals surface area contributed by atoms with Gasteiger partial charge < -0.3 is 15.0 Å². The first-order valence-electron chi connectivity index (χ1n) is 6.64. The predicted octanol–water partition coefficient (Wildman–Crippen LogP) is 3.23. The van der Waals surface area contributed by atoms with Gasteiger partial charge in [0.05, 0.1) is 4.90 Å². The van der Waals surface area contributed by atoms with E-state index in [0.717, 1.165) is 12.1 Å². The van der Waals surface area contributed by atoms with E-state index in [-0.39, 0.29) is 21.8 Å². The van der Waals surface area contributed by atoms with Gasteiger partial charge in [-0.25, -0.2) is 13.0 Å². The summed E-state index contributed by atoms with van der Waals surface area (Å²) in [7, 11) is 0. The summed E-state index contributed by atoms with van der Waals surface area (Å²) < 4.78 is 53.0. The Morgan fingerprint density at radius 1 is 1.21 bits per heavy atom. The maximum absolute atomic E-state index is 14.1. The molecule has 0 spiro atoms. The molecule has 0 aliphatic carbocycles. The van der Waals surface area contributed by atoms with Gasteiger partial charge >= 0.3 is 0 Å². The maximum atomic E-state index is 14.1. The van der Waals surface area contributed by atoms with Crippen molar-refractivity contribution in [3.63, 3.8) is 0 Å². The minimum absolute atomic E-state index is 0.0959. The van der Waals surface area contributed by atoms with E-state index >= 15 is 0 Å². The first-order valence-corrected chi connectivity index (χ1v) is 7.74. The number of carbonyl (C=O) groups is 1. The SMILES string of the molecule is C/C(=C\c1cc(F)c(Oc2ccc(S(=O)O)cc2)c(F)c1)C(N)=O. The van der Waals surface area contributed by atoms with Crippen molar-refractivity contribution in [2.24, 2.45) is 5.73 Å². The van der Waals surface area contributed by atoms with Gasteiger partial charge in [0.1, 0.15) is 5.75 Å². The van der Waals surface area contributed by atoms with Crippen LogP contribution in [0, 0.1) is 11.6 Å². The highest BCUT2D eigenvalue weighted by molar-refractivity contribution is 7.79. The Kier molecular flexibility index (Phi) is 5.42. The molecule has 0 aromatic heterocycles. The van der Waals surface area contributed by atoms with Crippen LogP contribution >= 0.6 is 0 Å². The van der Waals surface area contributed by atoms with Crippen molar-refractivity contribution in [2.75, 3.05) is 0 Å². The van der Waals surface area contributed by atoms with E-state index in [1.807, 2.05) is 0 Å². The number of rotatable bonds is 5. The normalized spacial score (nSPS) is 12.8. The van der Waals surface area contributed by atoms with Crippen LogP contribution in [0.25, 0.3) is 6.08 Å². The average molecular weight is 353 g/mol. The zero-order chi connectivity index (χ0) is 17.9. The smallest absolute Gasteiger partial charge is 0.244 e. The molecule has 2 aromatic rings. The van der Waals surface area contributed by atoms with Crippen LogP contribution in [-0.2, 0) is 15.9 Å². The third kappa shape index (κ3) is 4.24. The lowest BCUT2D eigenvalue weighted by Gasteiger charge is -2.09. The van der Waals surface area contributed by atoms with Crippen molar-refractivity contribution in [3.05, 3.63) is 59.2 Å². The fourth-order valence-electron chi connectivity index (χ4n) is 1.82. The van der Waals surface area contributed by atoms with Crippen LogP contribution in [0.2, 0.25) is 0 Å². The lowest BCUT2D eigenvalue weighted by Crippen LogP contribution is -2.11. The maximum Gasteiger partial charge on any atom is 0.244 e. The predicted molar refractivity (Wildman–Crippen MR) is 84.8 cm³/mol. The summed E-state index contributed by atoms with van der Waals surface area (Å²) in [4.78, 5) is 11.1. The molecule has 0 radical (unpaired) electrons. The number of nitrogens with two attached hydrogens (primary N) is 1. The van der Waals surface area contributed by atoms with Gasteiger partial charge in [-0.2, -0.15) is 0 Å². The van der Waals surface area contributed by atoms with Crippen LogP contribution in [0.4, 0.5) is 8.78 Å². The topological polar surface area (TPSA) is 89.6 Å². The van der Waals surface area contributed by atoms with Crippen LogP contribution in [-0.4, -0.2) is 14.7 Å². The molecule has 0 saturated heterocycles. The number of primary amides is 1. The van der Waals surface area contributed by atoms with Gasteiger partial charge in [-0.15, -0.1) is 0 Å². The van der Waals surface area contributed by atoms with Gasteiger partial charge in [0.25, 0.3) is 0 Å². The van der Waals surface area contributed by atoms with Crippen LogP contribution in [0.1, 0.15) is 12.5 Å². The van der Waals surface area contributed by atoms with Crippen molar-refractivity contribution in [2.45, 2.75) is 11.8 Å². The van der Waals surface area contributed by atoms with Gasteiger partial charge in [-0.05, 0) is 55.0 Å². The molecule has 0 heterocycles. The fraction of sp³-hybridized carbons (Fsp3) is 0.0625. The second-order valence-electron chi connectivity index (χ2n) is 4.83. The summed E-state index contributed by atoms with van der Waals surface area (Å²) in [6.45, 7) is 1.43. The molecule has 0 saturated carbocycles. The molecule has 2 rings (SSSR count). The molecule has 24 heavy (non-hydrogen) atoms. The van der Waals surface area contributed by atoms with Crippen molar-refractivity contribution < 1.29 is 27.1 Å². The first-order chi connectivity index (χ1) is 11.3. The van der Waals surface area contributed by atoms with Gasteiger partial charge in [0.15, 0.2) is 28.5 Å². The lowest BCUT2D eigenvalue weighted by molar-refractivity contribution is -0.114. The van der Waals surface area contributed by atoms with Crippen molar-refractivity contribution in [1.29, 1.82) is 0 Å².